The van der Waals surface area contributed by atoms with Crippen LogP contribution in [-0.4, -0.2) is 16.2 Å². The van der Waals surface area contributed by atoms with Crippen molar-refractivity contribution in [1.29, 1.82) is 0 Å². The third kappa shape index (κ3) is 2.51. The topological polar surface area (TPSA) is 64.1 Å². The van der Waals surface area contributed by atoms with E-state index in [4.69, 9.17) is 4.74 Å². The number of aromatic nitrogens is 2. The lowest BCUT2D eigenvalue weighted by atomic mass is 10.4. The van der Waals surface area contributed by atoms with Crippen LogP contribution in [0.1, 0.15) is 18.8 Å². The number of hydrogen-bond acceptors (Lipinski definition) is 3. The van der Waals surface area contributed by atoms with Crippen molar-refractivity contribution in [2.75, 3.05) is 6.61 Å². The van der Waals surface area contributed by atoms with Crippen molar-refractivity contribution >= 4 is 15.9 Å². The smallest absolute Gasteiger partial charge is 0.330 e. The summed E-state index contributed by atoms with van der Waals surface area (Å²) in [5.41, 5.74) is -0.387. The van der Waals surface area contributed by atoms with Gasteiger partial charge in [-0.3, -0.25) is 14.3 Å². The maximum Gasteiger partial charge on any atom is 0.330 e. The van der Waals surface area contributed by atoms with Gasteiger partial charge in [-0.2, -0.15) is 0 Å². The Morgan fingerprint density at radius 2 is 2.25 bits per heavy atom. The average Bonchev–Trinajstić information content (AvgIpc) is 2.23. The van der Waals surface area contributed by atoms with E-state index in [-0.39, 0.29) is 0 Å². The van der Waals surface area contributed by atoms with Gasteiger partial charge in [0.1, 0.15) is 10.7 Å². The fourth-order valence-electron chi connectivity index (χ4n) is 1.35. The molecule has 0 aromatic carbocycles. The number of ether oxygens (including phenoxy) is 1. The largest absolute Gasteiger partial charge is 0.354 e. The minimum absolute atomic E-state index is 0.334. The van der Waals surface area contributed by atoms with E-state index in [2.05, 4.69) is 27.5 Å². The lowest BCUT2D eigenvalue weighted by molar-refractivity contribution is 0.0296. The summed E-state index contributed by atoms with van der Waals surface area (Å²) in [4.78, 5) is 25.1. The molecule has 1 rings (SSSR count). The first kappa shape index (κ1) is 12.9. The summed E-state index contributed by atoms with van der Waals surface area (Å²) in [6.07, 6.45) is 1.14. The van der Waals surface area contributed by atoms with Crippen LogP contribution in [0.5, 0.6) is 0 Å². The minimum atomic E-state index is -0.484. The van der Waals surface area contributed by atoms with E-state index in [0.717, 1.165) is 0 Å². The molecule has 1 heterocycles. The van der Waals surface area contributed by atoms with Crippen LogP contribution in [-0.2, 0) is 4.74 Å². The molecule has 0 amide bonds. The zero-order valence-corrected chi connectivity index (χ0v) is 10.7. The summed E-state index contributed by atoms with van der Waals surface area (Å²) in [6, 6.07) is 0. The standard InChI is InChI=1S/C10H13BrN2O3/c1-4-5-16-7(3)13-6(2)8(11)9(14)12-10(13)15/h4,7H,1,5H2,2-3H3,(H,12,14,15)/t7-/m0/s1. The Labute approximate surface area is 101 Å². The second kappa shape index (κ2) is 5.27. The molecule has 0 fully saturated rings. The second-order valence-corrected chi connectivity index (χ2v) is 4.04. The van der Waals surface area contributed by atoms with Gasteiger partial charge in [-0.15, -0.1) is 6.58 Å². The molecule has 16 heavy (non-hydrogen) atoms. The number of H-pyrrole nitrogens is 1. The Morgan fingerprint density at radius 1 is 1.62 bits per heavy atom. The van der Waals surface area contributed by atoms with Crippen molar-refractivity contribution in [3.63, 3.8) is 0 Å². The van der Waals surface area contributed by atoms with E-state index >= 15 is 0 Å². The van der Waals surface area contributed by atoms with E-state index in [1.165, 1.54) is 4.57 Å². The first-order valence-electron chi connectivity index (χ1n) is 4.72. The summed E-state index contributed by atoms with van der Waals surface area (Å²) in [5, 5.41) is 0. The fourth-order valence-corrected chi connectivity index (χ4v) is 1.64. The zero-order valence-electron chi connectivity index (χ0n) is 9.12. The molecule has 0 bridgehead atoms. The van der Waals surface area contributed by atoms with Crippen LogP contribution in [0.15, 0.2) is 26.7 Å². The Kier molecular flexibility index (Phi) is 4.26. The zero-order chi connectivity index (χ0) is 12.3. The van der Waals surface area contributed by atoms with Crippen molar-refractivity contribution in [2.24, 2.45) is 0 Å². The monoisotopic (exact) mass is 288 g/mol. The predicted octanol–water partition coefficient (Wildman–Crippen LogP) is 1.33. The van der Waals surface area contributed by atoms with Crippen LogP contribution in [0.25, 0.3) is 0 Å². The Balaban J connectivity index is 3.23. The molecule has 5 nitrogen and oxygen atoms in total. The average molecular weight is 289 g/mol. The van der Waals surface area contributed by atoms with E-state index in [0.29, 0.717) is 16.8 Å². The first-order chi connectivity index (χ1) is 7.49. The van der Waals surface area contributed by atoms with Crippen molar-refractivity contribution in [3.8, 4) is 0 Å². The lowest BCUT2D eigenvalue weighted by Gasteiger charge is -2.17. The second-order valence-electron chi connectivity index (χ2n) is 3.25. The molecule has 1 N–H and O–H groups in total. The summed E-state index contributed by atoms with van der Waals surface area (Å²) in [7, 11) is 0. The van der Waals surface area contributed by atoms with Gasteiger partial charge in [0.25, 0.3) is 5.56 Å². The molecule has 0 aliphatic heterocycles. The number of aromatic amines is 1. The molecule has 0 saturated carbocycles. The highest BCUT2D eigenvalue weighted by atomic mass is 79.9. The fraction of sp³-hybridized carbons (Fsp3) is 0.400. The van der Waals surface area contributed by atoms with E-state index < -0.39 is 17.5 Å². The number of rotatable bonds is 4. The molecule has 1 atom stereocenters. The van der Waals surface area contributed by atoms with E-state index in [1.807, 2.05) is 0 Å². The van der Waals surface area contributed by atoms with Gasteiger partial charge in [0, 0.05) is 5.69 Å². The summed E-state index contributed by atoms with van der Waals surface area (Å²) in [5.74, 6) is 0. The van der Waals surface area contributed by atoms with Gasteiger partial charge in [-0.05, 0) is 29.8 Å². The van der Waals surface area contributed by atoms with Gasteiger partial charge >= 0.3 is 5.69 Å². The van der Waals surface area contributed by atoms with Crippen molar-refractivity contribution in [2.45, 2.75) is 20.1 Å². The van der Waals surface area contributed by atoms with Crippen molar-refractivity contribution in [1.82, 2.24) is 9.55 Å². The van der Waals surface area contributed by atoms with Gasteiger partial charge in [-0.1, -0.05) is 6.08 Å². The summed E-state index contributed by atoms with van der Waals surface area (Å²) in [6.45, 7) is 7.26. The summed E-state index contributed by atoms with van der Waals surface area (Å²) < 4.78 is 7.04. The van der Waals surface area contributed by atoms with Gasteiger partial charge in [0.05, 0.1) is 6.61 Å². The molecule has 0 saturated heterocycles. The third-order valence-electron chi connectivity index (χ3n) is 2.14. The Hall–Kier alpha value is -1.14. The molecule has 6 heteroatoms. The van der Waals surface area contributed by atoms with Crippen LogP contribution >= 0.6 is 15.9 Å². The molecule has 0 radical (unpaired) electrons. The molecular formula is C10H13BrN2O3. The normalized spacial score (nSPS) is 12.4. The minimum Gasteiger partial charge on any atom is -0.354 e. The number of hydrogen-bond donors (Lipinski definition) is 1. The molecule has 0 aliphatic rings. The van der Waals surface area contributed by atoms with Crippen LogP contribution in [0, 0.1) is 6.92 Å². The molecule has 88 valence electrons. The highest BCUT2D eigenvalue weighted by Gasteiger charge is 2.13. The first-order valence-corrected chi connectivity index (χ1v) is 5.51. The Morgan fingerprint density at radius 3 is 2.81 bits per heavy atom. The highest BCUT2D eigenvalue weighted by molar-refractivity contribution is 9.10. The maximum absolute atomic E-state index is 11.6. The van der Waals surface area contributed by atoms with Crippen LogP contribution in [0.3, 0.4) is 0 Å². The van der Waals surface area contributed by atoms with Gasteiger partial charge in [0.2, 0.25) is 0 Å². The predicted molar refractivity (Wildman–Crippen MR) is 64.6 cm³/mol. The van der Waals surface area contributed by atoms with Crippen molar-refractivity contribution < 1.29 is 4.74 Å². The SMILES string of the molecule is C=CCO[C@@H](C)n1c(C)c(Br)c(=O)[nH]c1=O. The van der Waals surface area contributed by atoms with Crippen LogP contribution in [0.2, 0.25) is 0 Å². The molecular weight excluding hydrogens is 276 g/mol. The van der Waals surface area contributed by atoms with Gasteiger partial charge < -0.3 is 4.74 Å². The van der Waals surface area contributed by atoms with Crippen LogP contribution < -0.4 is 11.2 Å². The Bertz CT molecular complexity index is 504. The number of nitrogens with one attached hydrogen (secondary N) is 1. The number of nitrogens with zero attached hydrogens (tertiary/aromatic N) is 1. The van der Waals surface area contributed by atoms with E-state index in [1.54, 1.807) is 19.9 Å². The molecule has 1 aromatic heterocycles. The van der Waals surface area contributed by atoms with E-state index in [9.17, 15) is 9.59 Å². The molecule has 1 aromatic rings. The van der Waals surface area contributed by atoms with Crippen molar-refractivity contribution in [3.05, 3.63) is 43.7 Å². The van der Waals surface area contributed by atoms with Gasteiger partial charge in [-0.25, -0.2) is 4.79 Å². The summed E-state index contributed by atoms with van der Waals surface area (Å²) >= 11 is 3.12. The molecule has 0 aliphatic carbocycles. The lowest BCUT2D eigenvalue weighted by Crippen LogP contribution is -2.35. The quantitative estimate of drug-likeness (QED) is 0.850. The molecule has 0 unspecified atom stereocenters. The number of halogens is 1. The molecule has 0 spiro atoms. The maximum atomic E-state index is 11.6. The third-order valence-corrected chi connectivity index (χ3v) is 3.07. The van der Waals surface area contributed by atoms with Gasteiger partial charge in [0.15, 0.2) is 0 Å². The highest BCUT2D eigenvalue weighted by Crippen LogP contribution is 2.13. The van der Waals surface area contributed by atoms with Crippen LogP contribution in [0.4, 0.5) is 0 Å².